The van der Waals surface area contributed by atoms with Crippen molar-refractivity contribution in [2.45, 2.75) is 19.4 Å². The summed E-state index contributed by atoms with van der Waals surface area (Å²) in [6.45, 7) is 1.20. The quantitative estimate of drug-likeness (QED) is 0.769. The SMILES string of the molecule is Cc1ccc([C@H](N)CCF)cc1F. The Morgan fingerprint density at radius 1 is 1.46 bits per heavy atom. The van der Waals surface area contributed by atoms with Gasteiger partial charge in [0.2, 0.25) is 0 Å². The zero-order valence-corrected chi connectivity index (χ0v) is 7.56. The summed E-state index contributed by atoms with van der Waals surface area (Å²) in [7, 11) is 0. The van der Waals surface area contributed by atoms with Crippen molar-refractivity contribution in [1.82, 2.24) is 0 Å². The molecule has 1 atom stereocenters. The molecule has 0 bridgehead atoms. The van der Waals surface area contributed by atoms with Gasteiger partial charge in [0.25, 0.3) is 0 Å². The van der Waals surface area contributed by atoms with Crippen LogP contribution in [-0.2, 0) is 0 Å². The first kappa shape index (κ1) is 10.1. The molecule has 0 fully saturated rings. The van der Waals surface area contributed by atoms with E-state index >= 15 is 0 Å². The zero-order chi connectivity index (χ0) is 9.84. The molecule has 1 aromatic carbocycles. The van der Waals surface area contributed by atoms with Crippen LogP contribution in [0.3, 0.4) is 0 Å². The Labute approximate surface area is 76.6 Å². The van der Waals surface area contributed by atoms with E-state index in [1.807, 2.05) is 0 Å². The van der Waals surface area contributed by atoms with Crippen molar-refractivity contribution >= 4 is 0 Å². The Balaban J connectivity index is 2.84. The highest BCUT2D eigenvalue weighted by Crippen LogP contribution is 2.17. The normalized spacial score (nSPS) is 12.9. The van der Waals surface area contributed by atoms with Gasteiger partial charge in [-0.25, -0.2) is 4.39 Å². The van der Waals surface area contributed by atoms with Crippen molar-refractivity contribution in [3.8, 4) is 0 Å². The summed E-state index contributed by atoms with van der Waals surface area (Å²) >= 11 is 0. The average Bonchev–Trinajstić information content (AvgIpc) is 2.10. The average molecular weight is 185 g/mol. The smallest absolute Gasteiger partial charge is 0.126 e. The molecule has 0 aromatic heterocycles. The maximum Gasteiger partial charge on any atom is 0.126 e. The molecule has 72 valence electrons. The highest BCUT2D eigenvalue weighted by atomic mass is 19.1. The van der Waals surface area contributed by atoms with Crippen LogP contribution in [0.5, 0.6) is 0 Å². The van der Waals surface area contributed by atoms with E-state index in [9.17, 15) is 8.78 Å². The first-order valence-corrected chi connectivity index (χ1v) is 4.22. The van der Waals surface area contributed by atoms with Gasteiger partial charge in [0.1, 0.15) is 5.82 Å². The topological polar surface area (TPSA) is 26.0 Å². The zero-order valence-electron chi connectivity index (χ0n) is 7.56. The second kappa shape index (κ2) is 4.33. The molecule has 13 heavy (non-hydrogen) atoms. The monoisotopic (exact) mass is 185 g/mol. The molecule has 1 aromatic rings. The predicted octanol–water partition coefficient (Wildman–Crippen LogP) is 2.49. The van der Waals surface area contributed by atoms with Crippen molar-refractivity contribution in [2.24, 2.45) is 5.73 Å². The van der Waals surface area contributed by atoms with Crippen LogP contribution in [0.1, 0.15) is 23.6 Å². The van der Waals surface area contributed by atoms with Crippen LogP contribution in [0.25, 0.3) is 0 Å². The fraction of sp³-hybridized carbons (Fsp3) is 0.400. The third-order valence-corrected chi connectivity index (χ3v) is 2.04. The van der Waals surface area contributed by atoms with Crippen molar-refractivity contribution < 1.29 is 8.78 Å². The second-order valence-electron chi connectivity index (χ2n) is 3.09. The summed E-state index contributed by atoms with van der Waals surface area (Å²) in [5, 5.41) is 0. The van der Waals surface area contributed by atoms with Crippen molar-refractivity contribution in [3.05, 3.63) is 35.1 Å². The lowest BCUT2D eigenvalue weighted by atomic mass is 10.0. The molecule has 0 aliphatic carbocycles. The highest BCUT2D eigenvalue weighted by Gasteiger charge is 2.07. The van der Waals surface area contributed by atoms with E-state index in [-0.39, 0.29) is 12.2 Å². The fourth-order valence-electron chi connectivity index (χ4n) is 1.12. The number of halogens is 2. The molecule has 0 heterocycles. The van der Waals surface area contributed by atoms with Crippen LogP contribution in [-0.4, -0.2) is 6.67 Å². The van der Waals surface area contributed by atoms with E-state index in [1.165, 1.54) is 6.07 Å². The molecular weight excluding hydrogens is 172 g/mol. The van der Waals surface area contributed by atoms with Gasteiger partial charge in [-0.05, 0) is 30.5 Å². The summed E-state index contributed by atoms with van der Waals surface area (Å²) in [5.74, 6) is -0.285. The van der Waals surface area contributed by atoms with E-state index < -0.39 is 12.7 Å². The Morgan fingerprint density at radius 3 is 2.69 bits per heavy atom. The van der Waals surface area contributed by atoms with Gasteiger partial charge in [-0.1, -0.05) is 12.1 Å². The molecule has 0 unspecified atom stereocenters. The fourth-order valence-corrected chi connectivity index (χ4v) is 1.12. The molecule has 0 spiro atoms. The molecule has 1 nitrogen and oxygen atoms in total. The maximum atomic E-state index is 13.0. The maximum absolute atomic E-state index is 13.0. The van der Waals surface area contributed by atoms with Crippen LogP contribution in [0.2, 0.25) is 0 Å². The van der Waals surface area contributed by atoms with Crippen molar-refractivity contribution in [3.63, 3.8) is 0 Å². The van der Waals surface area contributed by atoms with Gasteiger partial charge in [0.15, 0.2) is 0 Å². The molecule has 2 N–H and O–H groups in total. The van der Waals surface area contributed by atoms with E-state index in [0.29, 0.717) is 11.1 Å². The lowest BCUT2D eigenvalue weighted by Gasteiger charge is -2.10. The number of aryl methyl sites for hydroxylation is 1. The van der Waals surface area contributed by atoms with E-state index in [0.717, 1.165) is 0 Å². The van der Waals surface area contributed by atoms with Crippen LogP contribution in [0.4, 0.5) is 8.78 Å². The van der Waals surface area contributed by atoms with Crippen LogP contribution >= 0.6 is 0 Å². The predicted molar refractivity (Wildman–Crippen MR) is 48.7 cm³/mol. The number of hydrogen-bond donors (Lipinski definition) is 1. The molecule has 0 aliphatic heterocycles. The Bertz CT molecular complexity index is 286. The molecule has 3 heteroatoms. The molecular formula is C10H13F2N. The second-order valence-corrected chi connectivity index (χ2v) is 3.09. The summed E-state index contributed by atoms with van der Waals surface area (Å²) < 4.78 is 25.0. The minimum atomic E-state index is -0.476. The number of nitrogens with two attached hydrogens (primary N) is 1. The Hall–Kier alpha value is -0.960. The van der Waals surface area contributed by atoms with Gasteiger partial charge in [0.05, 0.1) is 6.67 Å². The number of alkyl halides is 1. The first-order valence-electron chi connectivity index (χ1n) is 4.22. The summed E-state index contributed by atoms with van der Waals surface area (Å²) in [6.07, 6.45) is 0.239. The minimum Gasteiger partial charge on any atom is -0.324 e. The van der Waals surface area contributed by atoms with Crippen molar-refractivity contribution in [2.75, 3.05) is 6.67 Å². The molecule has 1 rings (SSSR count). The van der Waals surface area contributed by atoms with Crippen LogP contribution < -0.4 is 5.73 Å². The van der Waals surface area contributed by atoms with Crippen LogP contribution in [0, 0.1) is 12.7 Å². The first-order chi connectivity index (χ1) is 6.15. The third kappa shape index (κ3) is 2.49. The summed E-state index contributed by atoms with van der Waals surface area (Å²) in [6, 6.07) is 4.36. The van der Waals surface area contributed by atoms with Crippen LogP contribution in [0.15, 0.2) is 18.2 Å². The molecule has 0 amide bonds. The highest BCUT2D eigenvalue weighted by molar-refractivity contribution is 5.25. The van der Waals surface area contributed by atoms with Gasteiger partial charge in [-0.2, -0.15) is 0 Å². The third-order valence-electron chi connectivity index (χ3n) is 2.04. The number of benzene rings is 1. The summed E-state index contributed by atoms with van der Waals surface area (Å²) in [4.78, 5) is 0. The molecule has 0 saturated heterocycles. The summed E-state index contributed by atoms with van der Waals surface area (Å²) in [5.41, 5.74) is 6.85. The lowest BCUT2D eigenvalue weighted by Crippen LogP contribution is -2.11. The van der Waals surface area contributed by atoms with Gasteiger partial charge < -0.3 is 5.73 Å². The molecule has 0 aliphatic rings. The van der Waals surface area contributed by atoms with Crippen molar-refractivity contribution in [1.29, 1.82) is 0 Å². The van der Waals surface area contributed by atoms with Gasteiger partial charge in [-0.15, -0.1) is 0 Å². The molecule has 0 saturated carbocycles. The lowest BCUT2D eigenvalue weighted by molar-refractivity contribution is 0.441. The number of hydrogen-bond acceptors (Lipinski definition) is 1. The van der Waals surface area contributed by atoms with Gasteiger partial charge >= 0.3 is 0 Å². The molecule has 0 radical (unpaired) electrons. The van der Waals surface area contributed by atoms with Gasteiger partial charge in [-0.3, -0.25) is 4.39 Å². The standard InChI is InChI=1S/C10H13F2N/c1-7-2-3-8(6-9(7)12)10(13)4-5-11/h2-3,6,10H,4-5,13H2,1H3/t10-/m1/s1. The Kier molecular flexibility index (Phi) is 3.37. The van der Waals surface area contributed by atoms with E-state index in [2.05, 4.69) is 0 Å². The van der Waals surface area contributed by atoms with E-state index in [1.54, 1.807) is 19.1 Å². The largest absolute Gasteiger partial charge is 0.324 e. The number of rotatable bonds is 3. The minimum absolute atomic E-state index is 0.239. The van der Waals surface area contributed by atoms with Gasteiger partial charge in [0, 0.05) is 6.04 Å². The van der Waals surface area contributed by atoms with E-state index in [4.69, 9.17) is 5.73 Å². The Morgan fingerprint density at radius 2 is 2.15 bits per heavy atom.